The molecule has 0 saturated carbocycles. The third-order valence-electron chi connectivity index (χ3n) is 3.50. The molecule has 1 unspecified atom stereocenters. The number of hydrogen-bond acceptors (Lipinski definition) is 2. The van der Waals surface area contributed by atoms with Gasteiger partial charge < -0.3 is 5.11 Å². The second kappa shape index (κ2) is 8.31. The summed E-state index contributed by atoms with van der Waals surface area (Å²) in [5, 5.41) is 18.7. The molecular formula is C15H27NO. The van der Waals surface area contributed by atoms with E-state index in [1.165, 1.54) is 25.7 Å². The average Bonchev–Trinajstić information content (AvgIpc) is 2.33. The molecule has 0 aliphatic heterocycles. The largest absolute Gasteiger partial charge is 0.388 e. The predicted molar refractivity (Wildman–Crippen MR) is 72.5 cm³/mol. The molecule has 0 amide bonds. The van der Waals surface area contributed by atoms with Gasteiger partial charge in [0, 0.05) is 0 Å². The van der Waals surface area contributed by atoms with E-state index in [-0.39, 0.29) is 5.41 Å². The van der Waals surface area contributed by atoms with Crippen LogP contribution in [0.5, 0.6) is 0 Å². The van der Waals surface area contributed by atoms with Crippen molar-refractivity contribution in [1.29, 1.82) is 5.26 Å². The normalized spacial score (nSPS) is 13.1. The fraction of sp³-hybridized carbons (Fsp3) is 0.800. The Morgan fingerprint density at radius 3 is 2.12 bits per heavy atom. The molecule has 0 spiro atoms. The summed E-state index contributed by atoms with van der Waals surface area (Å²) in [5.41, 5.74) is 0.440. The Labute approximate surface area is 106 Å². The van der Waals surface area contributed by atoms with Gasteiger partial charge in [0.25, 0.3) is 0 Å². The van der Waals surface area contributed by atoms with E-state index in [1.807, 2.05) is 6.07 Å². The SMILES string of the molecule is C=C(C#N)C(O)CC(C)(CCCC)CCCC. The molecule has 17 heavy (non-hydrogen) atoms. The fourth-order valence-corrected chi connectivity index (χ4v) is 2.20. The summed E-state index contributed by atoms with van der Waals surface area (Å²) in [6, 6.07) is 1.96. The molecule has 0 fully saturated rings. The zero-order chi connectivity index (χ0) is 13.3. The average molecular weight is 237 g/mol. The van der Waals surface area contributed by atoms with Crippen LogP contribution in [0, 0.1) is 16.7 Å². The molecule has 0 saturated heterocycles. The molecule has 98 valence electrons. The van der Waals surface area contributed by atoms with Gasteiger partial charge in [0.15, 0.2) is 0 Å². The number of unbranched alkanes of at least 4 members (excludes halogenated alkanes) is 2. The summed E-state index contributed by atoms with van der Waals surface area (Å²) in [6.07, 6.45) is 6.97. The lowest BCUT2D eigenvalue weighted by Crippen LogP contribution is -2.24. The van der Waals surface area contributed by atoms with E-state index in [4.69, 9.17) is 5.26 Å². The molecule has 0 aliphatic carbocycles. The standard InChI is InChI=1S/C15H27NO/c1-5-7-9-15(4,10-8-6-2)11-14(17)13(3)12-16/h14,17H,3,5-11H2,1-2,4H3. The molecule has 0 rings (SSSR count). The van der Waals surface area contributed by atoms with E-state index in [0.29, 0.717) is 12.0 Å². The second-order valence-electron chi connectivity index (χ2n) is 5.37. The first-order chi connectivity index (χ1) is 7.99. The van der Waals surface area contributed by atoms with E-state index in [0.717, 1.165) is 12.8 Å². The first-order valence-corrected chi connectivity index (χ1v) is 6.76. The van der Waals surface area contributed by atoms with Crippen LogP contribution < -0.4 is 0 Å². The van der Waals surface area contributed by atoms with Gasteiger partial charge in [-0.15, -0.1) is 0 Å². The highest BCUT2D eigenvalue weighted by molar-refractivity contribution is 5.21. The second-order valence-corrected chi connectivity index (χ2v) is 5.37. The number of aliphatic hydroxyl groups is 1. The molecule has 1 N–H and O–H groups in total. The van der Waals surface area contributed by atoms with Gasteiger partial charge in [-0.1, -0.05) is 53.0 Å². The number of nitrogens with zero attached hydrogens (tertiary/aromatic N) is 1. The van der Waals surface area contributed by atoms with Crippen molar-refractivity contribution < 1.29 is 5.11 Å². The van der Waals surface area contributed by atoms with Crippen molar-refractivity contribution in [1.82, 2.24) is 0 Å². The summed E-state index contributed by atoms with van der Waals surface area (Å²) in [4.78, 5) is 0. The molecule has 0 aliphatic rings. The van der Waals surface area contributed by atoms with Gasteiger partial charge in [-0.3, -0.25) is 0 Å². The third-order valence-corrected chi connectivity index (χ3v) is 3.50. The van der Waals surface area contributed by atoms with E-state index in [9.17, 15) is 5.11 Å². The van der Waals surface area contributed by atoms with Crippen molar-refractivity contribution in [2.24, 2.45) is 5.41 Å². The number of nitriles is 1. The lowest BCUT2D eigenvalue weighted by atomic mass is 9.75. The summed E-state index contributed by atoms with van der Waals surface area (Å²) in [5.74, 6) is 0. The van der Waals surface area contributed by atoms with Crippen LogP contribution in [-0.2, 0) is 0 Å². The van der Waals surface area contributed by atoms with Gasteiger partial charge in [0.2, 0.25) is 0 Å². The molecule has 1 atom stereocenters. The van der Waals surface area contributed by atoms with Crippen molar-refractivity contribution in [3.63, 3.8) is 0 Å². The minimum absolute atomic E-state index is 0.144. The molecule has 2 heteroatoms. The maximum atomic E-state index is 9.93. The fourth-order valence-electron chi connectivity index (χ4n) is 2.20. The highest BCUT2D eigenvalue weighted by atomic mass is 16.3. The van der Waals surface area contributed by atoms with Gasteiger partial charge >= 0.3 is 0 Å². The summed E-state index contributed by atoms with van der Waals surface area (Å²) >= 11 is 0. The Morgan fingerprint density at radius 2 is 1.76 bits per heavy atom. The van der Waals surface area contributed by atoms with Crippen LogP contribution in [0.3, 0.4) is 0 Å². The molecule has 0 aromatic rings. The minimum Gasteiger partial charge on any atom is -0.388 e. The Bertz CT molecular complexity index is 257. The Kier molecular flexibility index (Phi) is 7.91. The van der Waals surface area contributed by atoms with Gasteiger partial charge in [-0.05, 0) is 24.7 Å². The van der Waals surface area contributed by atoms with E-state index >= 15 is 0 Å². The Morgan fingerprint density at radius 1 is 1.29 bits per heavy atom. The van der Waals surface area contributed by atoms with Gasteiger partial charge in [0.05, 0.1) is 17.7 Å². The van der Waals surface area contributed by atoms with Gasteiger partial charge in [-0.2, -0.15) is 5.26 Å². The van der Waals surface area contributed by atoms with Crippen LogP contribution in [0.2, 0.25) is 0 Å². The molecular weight excluding hydrogens is 210 g/mol. The van der Waals surface area contributed by atoms with E-state index in [2.05, 4.69) is 27.4 Å². The van der Waals surface area contributed by atoms with Crippen LogP contribution in [0.25, 0.3) is 0 Å². The number of aliphatic hydroxyl groups excluding tert-OH is 1. The van der Waals surface area contributed by atoms with Crippen molar-refractivity contribution >= 4 is 0 Å². The van der Waals surface area contributed by atoms with Crippen molar-refractivity contribution in [2.45, 2.75) is 71.8 Å². The quantitative estimate of drug-likeness (QED) is 0.611. The monoisotopic (exact) mass is 237 g/mol. The van der Waals surface area contributed by atoms with Crippen molar-refractivity contribution in [3.8, 4) is 6.07 Å². The van der Waals surface area contributed by atoms with Crippen LogP contribution >= 0.6 is 0 Å². The van der Waals surface area contributed by atoms with Crippen LogP contribution in [-0.4, -0.2) is 11.2 Å². The highest BCUT2D eigenvalue weighted by Crippen LogP contribution is 2.36. The molecule has 0 aromatic heterocycles. The Hall–Kier alpha value is -0.810. The van der Waals surface area contributed by atoms with E-state index in [1.54, 1.807) is 0 Å². The lowest BCUT2D eigenvalue weighted by molar-refractivity contribution is 0.119. The molecule has 0 radical (unpaired) electrons. The maximum Gasteiger partial charge on any atom is 0.0968 e. The van der Waals surface area contributed by atoms with E-state index < -0.39 is 6.10 Å². The van der Waals surface area contributed by atoms with Crippen LogP contribution in [0.15, 0.2) is 12.2 Å². The van der Waals surface area contributed by atoms with Crippen molar-refractivity contribution in [2.75, 3.05) is 0 Å². The van der Waals surface area contributed by atoms with Gasteiger partial charge in [-0.25, -0.2) is 0 Å². The summed E-state index contributed by atoms with van der Waals surface area (Å²) in [7, 11) is 0. The predicted octanol–water partition coefficient (Wildman–Crippen LogP) is 4.20. The third kappa shape index (κ3) is 6.48. The summed E-state index contributed by atoms with van der Waals surface area (Å²) in [6.45, 7) is 10.2. The molecule has 0 heterocycles. The maximum absolute atomic E-state index is 9.93. The number of hydrogen-bond donors (Lipinski definition) is 1. The zero-order valence-electron chi connectivity index (χ0n) is 11.6. The molecule has 2 nitrogen and oxygen atoms in total. The Balaban J connectivity index is 4.46. The first kappa shape index (κ1) is 16.2. The zero-order valence-corrected chi connectivity index (χ0v) is 11.6. The van der Waals surface area contributed by atoms with Crippen LogP contribution in [0.4, 0.5) is 0 Å². The smallest absolute Gasteiger partial charge is 0.0968 e. The minimum atomic E-state index is -0.668. The highest BCUT2D eigenvalue weighted by Gasteiger charge is 2.27. The molecule has 0 aromatic carbocycles. The first-order valence-electron chi connectivity index (χ1n) is 6.76. The van der Waals surface area contributed by atoms with Gasteiger partial charge in [0.1, 0.15) is 0 Å². The van der Waals surface area contributed by atoms with Crippen LogP contribution in [0.1, 0.15) is 65.7 Å². The summed E-state index contributed by atoms with van der Waals surface area (Å²) < 4.78 is 0. The molecule has 0 bridgehead atoms. The number of rotatable bonds is 9. The topological polar surface area (TPSA) is 44.0 Å². The van der Waals surface area contributed by atoms with Crippen molar-refractivity contribution in [3.05, 3.63) is 12.2 Å². The lowest BCUT2D eigenvalue weighted by Gasteiger charge is -2.31.